The molecule has 1 atom stereocenters. The van der Waals surface area contributed by atoms with E-state index in [9.17, 15) is 10.1 Å². The van der Waals surface area contributed by atoms with Crippen LogP contribution in [-0.4, -0.2) is 56.1 Å². The van der Waals surface area contributed by atoms with Crippen molar-refractivity contribution in [2.24, 2.45) is 0 Å². The maximum absolute atomic E-state index is 12.8. The summed E-state index contributed by atoms with van der Waals surface area (Å²) in [5, 5.41) is 19.0. The Morgan fingerprint density at radius 2 is 1.91 bits per heavy atom. The predicted octanol–water partition coefficient (Wildman–Crippen LogP) is 6.30. The minimum atomic E-state index is -0.594. The fourth-order valence-corrected chi connectivity index (χ4v) is 5.54. The summed E-state index contributed by atoms with van der Waals surface area (Å²) in [6, 6.07) is 14.1. The van der Waals surface area contributed by atoms with E-state index in [2.05, 4.69) is 32.8 Å². The van der Waals surface area contributed by atoms with Crippen LogP contribution in [0.15, 0.2) is 42.7 Å². The van der Waals surface area contributed by atoms with E-state index in [1.54, 1.807) is 16.7 Å². The van der Waals surface area contributed by atoms with Crippen molar-refractivity contribution in [3.8, 4) is 23.7 Å². The molecule has 1 aliphatic carbocycles. The molecule has 3 heterocycles. The largest absolute Gasteiger partial charge is 0.497 e. The SMILES string of the molecule is COc1ccc(CNc2c(C#N)c(C#Cc3cc4ncn(C5CC5)c4cc3Cl)nn2[C@H]2CCN(C(=O)OC(C)(C)C)C2)cc1. The molecule has 0 bridgehead atoms. The highest BCUT2D eigenvalue weighted by atomic mass is 35.5. The van der Waals surface area contributed by atoms with Crippen LogP contribution in [0.25, 0.3) is 11.0 Å². The third-order valence-electron chi connectivity index (χ3n) is 7.72. The molecule has 1 saturated carbocycles. The van der Waals surface area contributed by atoms with Crippen LogP contribution in [0.5, 0.6) is 5.75 Å². The highest BCUT2D eigenvalue weighted by Crippen LogP contribution is 2.38. The summed E-state index contributed by atoms with van der Waals surface area (Å²) in [7, 11) is 1.63. The number of fused-ring (bicyclic) bond motifs is 1. The zero-order valence-electron chi connectivity index (χ0n) is 25.2. The van der Waals surface area contributed by atoms with Gasteiger partial charge in [0.2, 0.25) is 0 Å². The van der Waals surface area contributed by atoms with Crippen LogP contribution >= 0.6 is 11.6 Å². The van der Waals surface area contributed by atoms with Crippen molar-refractivity contribution in [3.05, 3.63) is 70.1 Å². The lowest BCUT2D eigenvalue weighted by Gasteiger charge is -2.24. The minimum absolute atomic E-state index is 0.171. The number of nitrogens with one attached hydrogen (secondary N) is 1. The first-order valence-corrected chi connectivity index (χ1v) is 15.1. The van der Waals surface area contributed by atoms with Crippen molar-refractivity contribution in [1.82, 2.24) is 24.2 Å². The molecule has 2 aromatic carbocycles. The number of carbonyl (C=O) groups excluding carboxylic acids is 1. The van der Waals surface area contributed by atoms with Crippen LogP contribution < -0.4 is 10.1 Å². The Hall–Kier alpha value is -4.67. The predicted molar refractivity (Wildman–Crippen MR) is 168 cm³/mol. The molecule has 2 aromatic heterocycles. The lowest BCUT2D eigenvalue weighted by Crippen LogP contribution is -2.35. The summed E-state index contributed by atoms with van der Waals surface area (Å²) in [6.45, 7) is 6.91. The van der Waals surface area contributed by atoms with Gasteiger partial charge in [-0.2, -0.15) is 10.4 Å². The van der Waals surface area contributed by atoms with Crippen molar-refractivity contribution in [1.29, 1.82) is 5.26 Å². The topological polar surface area (TPSA) is 110 Å². The van der Waals surface area contributed by atoms with Crippen molar-refractivity contribution in [2.45, 2.75) is 64.3 Å². The maximum Gasteiger partial charge on any atom is 0.410 e. The number of methoxy groups -OCH3 is 1. The van der Waals surface area contributed by atoms with Gasteiger partial charge in [0.1, 0.15) is 28.8 Å². The normalized spacial score (nSPS) is 16.4. The lowest BCUT2D eigenvalue weighted by atomic mass is 10.1. The molecule has 1 N–H and O–H groups in total. The van der Waals surface area contributed by atoms with Gasteiger partial charge in [-0.25, -0.2) is 14.5 Å². The zero-order valence-corrected chi connectivity index (χ0v) is 26.0. The van der Waals surface area contributed by atoms with Gasteiger partial charge >= 0.3 is 6.09 Å². The third kappa shape index (κ3) is 6.17. The second kappa shape index (κ2) is 11.8. The van der Waals surface area contributed by atoms with Gasteiger partial charge in [0.15, 0.2) is 5.69 Å². The number of hydrogen-bond donors (Lipinski definition) is 1. The molecule has 1 aliphatic heterocycles. The number of carbonyl (C=O) groups is 1. The van der Waals surface area contributed by atoms with Gasteiger partial charge in [-0.15, -0.1) is 0 Å². The first kappa shape index (κ1) is 29.4. The van der Waals surface area contributed by atoms with E-state index in [1.807, 2.05) is 63.5 Å². The summed E-state index contributed by atoms with van der Waals surface area (Å²) in [4.78, 5) is 19.0. The quantitative estimate of drug-likeness (QED) is 0.255. The highest BCUT2D eigenvalue weighted by Gasteiger charge is 2.33. The molecular formula is C33H34ClN7O3. The van der Waals surface area contributed by atoms with Gasteiger partial charge in [0.05, 0.1) is 35.5 Å². The summed E-state index contributed by atoms with van der Waals surface area (Å²) in [5.74, 6) is 7.55. The van der Waals surface area contributed by atoms with E-state index in [0.29, 0.717) is 59.8 Å². The standard InChI is InChI=1S/C33H34ClN7O3/c1-33(2,3)44-32(42)39-14-13-24(19-39)41-31(36-18-21-5-10-25(43-4)11-6-21)26(17-35)28(38-41)12-7-22-15-29-30(16-27(22)34)40(20-37-29)23-8-9-23/h5-6,10-11,15-16,20,23-24,36H,8-9,13-14,18-19H2,1-4H3/t24-/m0/s1. The number of anilines is 1. The van der Waals surface area contributed by atoms with Gasteiger partial charge in [0.25, 0.3) is 0 Å². The van der Waals surface area contributed by atoms with E-state index in [-0.39, 0.29) is 12.1 Å². The van der Waals surface area contributed by atoms with Crippen LogP contribution in [0.1, 0.15) is 74.5 Å². The number of nitrogens with zero attached hydrogens (tertiary/aromatic N) is 6. The number of imidazole rings is 1. The maximum atomic E-state index is 12.8. The van der Waals surface area contributed by atoms with E-state index in [1.165, 1.54) is 0 Å². The van der Waals surface area contributed by atoms with E-state index < -0.39 is 5.60 Å². The molecule has 44 heavy (non-hydrogen) atoms. The number of nitriles is 1. The molecule has 226 valence electrons. The lowest BCUT2D eigenvalue weighted by molar-refractivity contribution is 0.0288. The first-order chi connectivity index (χ1) is 21.1. The van der Waals surface area contributed by atoms with Crippen molar-refractivity contribution >= 4 is 34.5 Å². The molecule has 0 unspecified atom stereocenters. The molecule has 0 spiro atoms. The number of ether oxygens (including phenoxy) is 2. The highest BCUT2D eigenvalue weighted by molar-refractivity contribution is 6.32. The Bertz CT molecular complexity index is 1810. The van der Waals surface area contributed by atoms with Gasteiger partial charge in [-0.05, 0) is 75.8 Å². The second-order valence-corrected chi connectivity index (χ2v) is 12.6. The van der Waals surface area contributed by atoms with Crippen LogP contribution in [0, 0.1) is 23.2 Å². The molecule has 1 amide bonds. The van der Waals surface area contributed by atoms with Gasteiger partial charge < -0.3 is 24.3 Å². The average molecular weight is 612 g/mol. The Balaban J connectivity index is 1.32. The Kier molecular flexibility index (Phi) is 7.87. The fraction of sp³-hybridized carbons (Fsp3) is 0.394. The van der Waals surface area contributed by atoms with Gasteiger partial charge in [-0.1, -0.05) is 29.7 Å². The van der Waals surface area contributed by atoms with Crippen molar-refractivity contribution < 1.29 is 14.3 Å². The molecule has 0 radical (unpaired) electrons. The van der Waals surface area contributed by atoms with E-state index in [0.717, 1.165) is 35.2 Å². The van der Waals surface area contributed by atoms with Crippen LogP contribution in [-0.2, 0) is 11.3 Å². The molecule has 2 fully saturated rings. The number of hydrogen-bond acceptors (Lipinski definition) is 7. The number of halogens is 1. The average Bonchev–Trinajstić information content (AvgIpc) is 3.41. The Morgan fingerprint density at radius 3 is 2.59 bits per heavy atom. The van der Waals surface area contributed by atoms with Crippen LogP contribution in [0.3, 0.4) is 0 Å². The second-order valence-electron chi connectivity index (χ2n) is 12.2. The number of rotatable bonds is 6. The molecule has 10 nitrogen and oxygen atoms in total. The minimum Gasteiger partial charge on any atom is -0.497 e. The molecular weight excluding hydrogens is 578 g/mol. The Labute approximate surface area is 261 Å². The smallest absolute Gasteiger partial charge is 0.410 e. The van der Waals surface area contributed by atoms with Crippen molar-refractivity contribution in [3.63, 3.8) is 0 Å². The fourth-order valence-electron chi connectivity index (χ4n) is 5.34. The van der Waals surface area contributed by atoms with E-state index >= 15 is 0 Å². The Morgan fingerprint density at radius 1 is 1.14 bits per heavy atom. The molecule has 2 aliphatic rings. The summed E-state index contributed by atoms with van der Waals surface area (Å²) in [5.41, 5.74) is 3.50. The molecule has 1 saturated heterocycles. The number of amides is 1. The first-order valence-electron chi connectivity index (χ1n) is 14.7. The van der Waals surface area contributed by atoms with Crippen LogP contribution in [0.4, 0.5) is 10.6 Å². The number of benzene rings is 2. The van der Waals surface area contributed by atoms with E-state index in [4.69, 9.17) is 26.2 Å². The van der Waals surface area contributed by atoms with Gasteiger partial charge in [0, 0.05) is 31.2 Å². The summed E-state index contributed by atoms with van der Waals surface area (Å²) in [6.07, 6.45) is 4.44. The molecule has 4 aromatic rings. The number of likely N-dealkylation sites (tertiary alicyclic amines) is 1. The monoisotopic (exact) mass is 611 g/mol. The zero-order chi connectivity index (χ0) is 31.0. The van der Waals surface area contributed by atoms with Crippen molar-refractivity contribution in [2.75, 3.05) is 25.5 Å². The molecule has 11 heteroatoms. The van der Waals surface area contributed by atoms with Gasteiger partial charge in [-0.3, -0.25) is 0 Å². The third-order valence-corrected chi connectivity index (χ3v) is 8.03. The number of aromatic nitrogens is 4. The summed E-state index contributed by atoms with van der Waals surface area (Å²) >= 11 is 6.66. The summed E-state index contributed by atoms with van der Waals surface area (Å²) < 4.78 is 14.8. The molecule has 6 rings (SSSR count). The van der Waals surface area contributed by atoms with Crippen LogP contribution in [0.2, 0.25) is 5.02 Å².